The number of nitrogens with zero attached hydrogens (tertiary/aromatic N) is 3. The number of nitrogens with one attached hydrogen (secondary N) is 1. The van der Waals surface area contributed by atoms with E-state index in [2.05, 4.69) is 15.1 Å². The summed E-state index contributed by atoms with van der Waals surface area (Å²) in [5.41, 5.74) is 0.361. The number of nitro groups is 1. The number of benzene rings is 1. The predicted molar refractivity (Wildman–Crippen MR) is 81.4 cm³/mol. The number of rotatable bonds is 5. The van der Waals surface area contributed by atoms with Crippen LogP contribution in [0.1, 0.15) is 5.56 Å². The van der Waals surface area contributed by atoms with E-state index in [1.165, 1.54) is 12.1 Å². The smallest absolute Gasteiger partial charge is 0.272 e. The molecular formula is C15H21FN4O2. The molecule has 0 aromatic heterocycles. The molecule has 22 heavy (non-hydrogen) atoms. The highest BCUT2D eigenvalue weighted by Crippen LogP contribution is 2.17. The standard InChI is InChI=1S/C15H21FN4O2/c16-15-9-13(20(21)22)2-1-12(15)3-4-18-5-7-19(8-6-18)14-10-17-11-14/h1-2,9,14,17H,3-8,10-11H2. The Labute approximate surface area is 129 Å². The molecule has 2 aliphatic rings. The van der Waals surface area contributed by atoms with Crippen LogP contribution in [0, 0.1) is 15.9 Å². The first-order valence-corrected chi connectivity index (χ1v) is 7.73. The fourth-order valence-electron chi connectivity index (χ4n) is 3.01. The van der Waals surface area contributed by atoms with Gasteiger partial charge in [0.15, 0.2) is 0 Å². The molecule has 6 nitrogen and oxygen atoms in total. The summed E-state index contributed by atoms with van der Waals surface area (Å²) in [4.78, 5) is 14.9. The van der Waals surface area contributed by atoms with Crippen molar-refractivity contribution >= 4 is 5.69 Å². The molecule has 1 N–H and O–H groups in total. The third kappa shape index (κ3) is 3.43. The Morgan fingerprint density at radius 3 is 2.55 bits per heavy atom. The highest BCUT2D eigenvalue weighted by atomic mass is 19.1. The fraction of sp³-hybridized carbons (Fsp3) is 0.600. The van der Waals surface area contributed by atoms with Gasteiger partial charge < -0.3 is 10.2 Å². The first-order valence-electron chi connectivity index (χ1n) is 7.73. The zero-order valence-corrected chi connectivity index (χ0v) is 12.5. The minimum atomic E-state index is -0.568. The molecule has 0 aliphatic carbocycles. The molecule has 2 fully saturated rings. The van der Waals surface area contributed by atoms with E-state index in [1.54, 1.807) is 0 Å². The molecule has 0 spiro atoms. The van der Waals surface area contributed by atoms with Gasteiger partial charge in [0.05, 0.1) is 11.0 Å². The molecule has 1 aromatic rings. The maximum atomic E-state index is 13.8. The number of hydrogen-bond acceptors (Lipinski definition) is 5. The van der Waals surface area contributed by atoms with Gasteiger partial charge in [0.25, 0.3) is 5.69 Å². The van der Waals surface area contributed by atoms with Crippen LogP contribution < -0.4 is 5.32 Å². The van der Waals surface area contributed by atoms with Crippen LogP contribution in [-0.2, 0) is 6.42 Å². The molecule has 3 rings (SSSR count). The average molecular weight is 308 g/mol. The molecule has 7 heteroatoms. The number of halogens is 1. The molecule has 1 aromatic carbocycles. The second-order valence-corrected chi connectivity index (χ2v) is 5.97. The van der Waals surface area contributed by atoms with Crippen molar-refractivity contribution in [1.82, 2.24) is 15.1 Å². The van der Waals surface area contributed by atoms with Gasteiger partial charge in [-0.25, -0.2) is 4.39 Å². The van der Waals surface area contributed by atoms with Crippen molar-refractivity contribution in [1.29, 1.82) is 0 Å². The number of hydrogen-bond donors (Lipinski definition) is 1. The van der Waals surface area contributed by atoms with E-state index in [4.69, 9.17) is 0 Å². The van der Waals surface area contributed by atoms with E-state index >= 15 is 0 Å². The molecule has 0 bridgehead atoms. The minimum absolute atomic E-state index is 0.191. The average Bonchev–Trinajstić information content (AvgIpc) is 2.45. The maximum absolute atomic E-state index is 13.8. The molecule has 2 saturated heterocycles. The Bertz CT molecular complexity index is 542. The van der Waals surface area contributed by atoms with Crippen molar-refractivity contribution < 1.29 is 9.31 Å². The van der Waals surface area contributed by atoms with Crippen molar-refractivity contribution in [2.45, 2.75) is 12.5 Å². The topological polar surface area (TPSA) is 61.7 Å². The Hall–Kier alpha value is -1.57. The van der Waals surface area contributed by atoms with Gasteiger partial charge >= 0.3 is 0 Å². The van der Waals surface area contributed by atoms with Gasteiger partial charge in [0.1, 0.15) is 5.82 Å². The minimum Gasteiger partial charge on any atom is -0.314 e. The zero-order valence-electron chi connectivity index (χ0n) is 12.5. The Morgan fingerprint density at radius 1 is 1.27 bits per heavy atom. The fourth-order valence-corrected chi connectivity index (χ4v) is 3.01. The lowest BCUT2D eigenvalue weighted by molar-refractivity contribution is -0.385. The van der Waals surface area contributed by atoms with Crippen LogP contribution in [0.15, 0.2) is 18.2 Å². The van der Waals surface area contributed by atoms with Crippen LogP contribution in [0.2, 0.25) is 0 Å². The summed E-state index contributed by atoms with van der Waals surface area (Å²) in [6.45, 7) is 7.12. The molecule has 0 radical (unpaired) electrons. The first-order chi connectivity index (χ1) is 10.6. The van der Waals surface area contributed by atoms with Crippen LogP contribution >= 0.6 is 0 Å². The second-order valence-electron chi connectivity index (χ2n) is 5.97. The summed E-state index contributed by atoms with van der Waals surface area (Å²) in [5, 5.41) is 13.9. The van der Waals surface area contributed by atoms with Gasteiger partial charge in [-0.15, -0.1) is 0 Å². The third-order valence-electron chi connectivity index (χ3n) is 4.63. The number of nitro benzene ring substituents is 1. The first kappa shape index (κ1) is 15.3. The van der Waals surface area contributed by atoms with E-state index in [1.807, 2.05) is 0 Å². The van der Waals surface area contributed by atoms with E-state index in [9.17, 15) is 14.5 Å². The number of piperazine rings is 1. The SMILES string of the molecule is O=[N+]([O-])c1ccc(CCN2CCN(C3CNC3)CC2)c(F)c1. The largest absolute Gasteiger partial charge is 0.314 e. The highest BCUT2D eigenvalue weighted by molar-refractivity contribution is 5.34. The van der Waals surface area contributed by atoms with Crippen LogP contribution in [0.3, 0.4) is 0 Å². The molecular weight excluding hydrogens is 287 g/mol. The molecule has 0 saturated carbocycles. The normalized spacial score (nSPS) is 20.8. The van der Waals surface area contributed by atoms with Gasteiger partial charge in [-0.2, -0.15) is 0 Å². The Morgan fingerprint density at radius 2 is 2.00 bits per heavy atom. The second kappa shape index (κ2) is 6.68. The van der Waals surface area contributed by atoms with Crippen molar-refractivity contribution in [2.75, 3.05) is 45.8 Å². The molecule has 0 unspecified atom stereocenters. The quantitative estimate of drug-likeness (QED) is 0.646. The van der Waals surface area contributed by atoms with Gasteiger partial charge in [-0.3, -0.25) is 15.0 Å². The predicted octanol–water partition coefficient (Wildman–Crippen LogP) is 0.866. The van der Waals surface area contributed by atoms with Crippen molar-refractivity contribution in [2.24, 2.45) is 0 Å². The highest BCUT2D eigenvalue weighted by Gasteiger charge is 2.27. The van der Waals surface area contributed by atoms with Crippen molar-refractivity contribution in [3.63, 3.8) is 0 Å². The lowest BCUT2D eigenvalue weighted by Gasteiger charge is -2.43. The Balaban J connectivity index is 1.47. The lowest BCUT2D eigenvalue weighted by Crippen LogP contribution is -2.61. The summed E-state index contributed by atoms with van der Waals surface area (Å²) in [7, 11) is 0. The van der Waals surface area contributed by atoms with Crippen molar-refractivity contribution in [3.8, 4) is 0 Å². The van der Waals surface area contributed by atoms with Crippen LogP contribution in [-0.4, -0.2) is 66.6 Å². The summed E-state index contributed by atoms with van der Waals surface area (Å²) in [6.07, 6.45) is 0.592. The number of non-ortho nitro benzene ring substituents is 1. The van der Waals surface area contributed by atoms with Gasteiger partial charge in [0, 0.05) is 57.9 Å². The molecule has 2 aliphatic heterocycles. The van der Waals surface area contributed by atoms with E-state index in [0.29, 0.717) is 18.0 Å². The summed E-state index contributed by atoms with van der Waals surface area (Å²) in [5.74, 6) is -0.478. The van der Waals surface area contributed by atoms with Gasteiger partial charge in [-0.1, -0.05) is 0 Å². The monoisotopic (exact) mass is 308 g/mol. The van der Waals surface area contributed by atoms with E-state index in [-0.39, 0.29) is 5.69 Å². The molecule has 2 heterocycles. The Kier molecular flexibility index (Phi) is 4.66. The molecule has 0 atom stereocenters. The summed E-state index contributed by atoms with van der Waals surface area (Å²) >= 11 is 0. The summed E-state index contributed by atoms with van der Waals surface area (Å²) < 4.78 is 13.8. The zero-order chi connectivity index (χ0) is 15.5. The van der Waals surface area contributed by atoms with Crippen LogP contribution in [0.4, 0.5) is 10.1 Å². The third-order valence-corrected chi connectivity index (χ3v) is 4.63. The molecule has 120 valence electrons. The lowest BCUT2D eigenvalue weighted by atomic mass is 10.1. The van der Waals surface area contributed by atoms with Crippen LogP contribution in [0.25, 0.3) is 0 Å². The van der Waals surface area contributed by atoms with Gasteiger partial charge in [0.2, 0.25) is 0 Å². The van der Waals surface area contributed by atoms with Crippen molar-refractivity contribution in [3.05, 3.63) is 39.7 Å². The van der Waals surface area contributed by atoms with E-state index < -0.39 is 10.7 Å². The van der Waals surface area contributed by atoms with E-state index in [0.717, 1.165) is 51.9 Å². The summed E-state index contributed by atoms with van der Waals surface area (Å²) in [6, 6.07) is 4.61. The van der Waals surface area contributed by atoms with Gasteiger partial charge in [-0.05, 0) is 18.1 Å². The van der Waals surface area contributed by atoms with Crippen LogP contribution in [0.5, 0.6) is 0 Å². The molecule has 0 amide bonds. The maximum Gasteiger partial charge on any atom is 0.272 e.